The summed E-state index contributed by atoms with van der Waals surface area (Å²) in [5, 5.41) is 11.9. The lowest BCUT2D eigenvalue weighted by Gasteiger charge is -2.35. The number of carbonyl (C=O) groups excluding carboxylic acids is 1. The second-order valence-corrected chi connectivity index (χ2v) is 7.28. The average molecular weight is 409 g/mol. The highest BCUT2D eigenvalue weighted by Crippen LogP contribution is 2.32. The number of hydrogen-bond acceptors (Lipinski definition) is 5. The maximum Gasteiger partial charge on any atom is 0.432 e. The number of aromatic amines is 1. The Morgan fingerprint density at radius 3 is 2.83 bits per heavy atom. The second kappa shape index (κ2) is 7.91. The number of aromatic nitrogens is 2. The number of aryl methyl sites for hydroxylation is 1. The van der Waals surface area contributed by atoms with Gasteiger partial charge in [-0.25, -0.2) is 4.98 Å². The largest absolute Gasteiger partial charge is 0.444 e. The summed E-state index contributed by atoms with van der Waals surface area (Å²) in [4.78, 5) is 20.8. The van der Waals surface area contributed by atoms with Crippen molar-refractivity contribution in [2.24, 2.45) is 0 Å². The van der Waals surface area contributed by atoms with Gasteiger partial charge in [-0.15, -0.1) is 0 Å². The molecule has 0 radical (unpaired) electrons. The average Bonchev–Trinajstić information content (AvgIpc) is 3.27. The molecule has 0 unspecified atom stereocenters. The predicted molar refractivity (Wildman–Crippen MR) is 98.1 cm³/mol. The molecule has 0 spiro atoms. The molecule has 156 valence electrons. The lowest BCUT2D eigenvalue weighted by atomic mass is 9.96. The number of hydrogen-bond donors (Lipinski definition) is 2. The topological polar surface area (TPSA) is 97.9 Å². The Morgan fingerprint density at radius 1 is 1.48 bits per heavy atom. The fourth-order valence-electron chi connectivity index (χ4n) is 3.50. The summed E-state index contributed by atoms with van der Waals surface area (Å²) in [6.07, 6.45) is -2.25. The van der Waals surface area contributed by atoms with Gasteiger partial charge in [-0.3, -0.25) is 15.0 Å². The molecule has 0 saturated carbocycles. The van der Waals surface area contributed by atoms with Crippen LogP contribution in [0.25, 0.3) is 0 Å². The molecule has 10 heteroatoms. The maximum atomic E-state index is 12.8. The normalized spacial score (nSPS) is 19.0. The van der Waals surface area contributed by atoms with Gasteiger partial charge >= 0.3 is 6.18 Å². The van der Waals surface area contributed by atoms with Crippen LogP contribution in [0.5, 0.6) is 0 Å². The fraction of sp³-hybridized carbons (Fsp3) is 0.526. The zero-order chi connectivity index (χ0) is 21.3. The molecule has 1 aliphatic heterocycles. The van der Waals surface area contributed by atoms with Gasteiger partial charge in [0, 0.05) is 18.0 Å². The molecule has 2 aromatic rings. The summed E-state index contributed by atoms with van der Waals surface area (Å²) in [5.41, 5.74) is 0.0876. The fourth-order valence-corrected chi connectivity index (χ4v) is 3.50. The number of furan rings is 1. The number of H-pyrrole nitrogens is 1. The number of piperidine rings is 1. The number of halogens is 3. The second-order valence-electron chi connectivity index (χ2n) is 7.28. The quantitative estimate of drug-likeness (QED) is 0.802. The first-order valence-electron chi connectivity index (χ1n) is 9.29. The Labute approximate surface area is 165 Å². The number of anilines is 1. The van der Waals surface area contributed by atoms with Crippen molar-refractivity contribution in [1.82, 2.24) is 14.9 Å². The smallest absolute Gasteiger partial charge is 0.432 e. The number of nitrogens with one attached hydrogen (secondary N) is 2. The Bertz CT molecular complexity index is 941. The number of nitrogens with zero attached hydrogens (tertiary/aromatic N) is 3. The van der Waals surface area contributed by atoms with Crippen LogP contribution in [-0.2, 0) is 11.0 Å². The lowest BCUT2D eigenvalue weighted by Crippen LogP contribution is -2.46. The molecule has 1 fully saturated rings. The highest BCUT2D eigenvalue weighted by Gasteiger charge is 2.35. The molecule has 2 N–H and O–H groups in total. The highest BCUT2D eigenvalue weighted by molar-refractivity contribution is 5.94. The van der Waals surface area contributed by atoms with Crippen molar-refractivity contribution in [3.63, 3.8) is 0 Å². The van der Waals surface area contributed by atoms with Crippen LogP contribution in [0.4, 0.5) is 19.1 Å². The van der Waals surface area contributed by atoms with Gasteiger partial charge < -0.3 is 9.40 Å². The van der Waals surface area contributed by atoms with Crippen molar-refractivity contribution >= 4 is 11.8 Å². The van der Waals surface area contributed by atoms with E-state index in [9.17, 15) is 23.2 Å². The third kappa shape index (κ3) is 4.29. The van der Waals surface area contributed by atoms with Crippen molar-refractivity contribution in [3.8, 4) is 6.07 Å². The van der Waals surface area contributed by atoms with Crippen molar-refractivity contribution in [2.75, 3.05) is 18.4 Å². The van der Waals surface area contributed by atoms with Crippen molar-refractivity contribution in [3.05, 3.63) is 34.6 Å². The van der Waals surface area contributed by atoms with Crippen molar-refractivity contribution in [1.29, 1.82) is 5.26 Å². The molecule has 3 rings (SSSR count). The molecule has 1 amide bonds. The minimum Gasteiger partial charge on any atom is -0.444 e. The van der Waals surface area contributed by atoms with Gasteiger partial charge in [0.2, 0.25) is 11.8 Å². The van der Waals surface area contributed by atoms with Crippen LogP contribution in [0, 0.1) is 25.2 Å². The van der Waals surface area contributed by atoms with Gasteiger partial charge in [-0.05, 0) is 40.2 Å². The molecule has 29 heavy (non-hydrogen) atoms. The van der Waals surface area contributed by atoms with E-state index in [1.807, 2.05) is 11.0 Å². The van der Waals surface area contributed by atoms with E-state index in [4.69, 9.17) is 4.42 Å². The number of rotatable bonds is 4. The van der Waals surface area contributed by atoms with Crippen LogP contribution in [-0.4, -0.2) is 39.9 Å². The summed E-state index contributed by atoms with van der Waals surface area (Å²) < 4.78 is 43.9. The Kier molecular flexibility index (Phi) is 5.71. The number of likely N-dealkylation sites (tertiary alicyclic amines) is 1. The molecular formula is C19H22F3N5O2. The van der Waals surface area contributed by atoms with Gasteiger partial charge in [0.15, 0.2) is 0 Å². The monoisotopic (exact) mass is 409 g/mol. The van der Waals surface area contributed by atoms with E-state index in [1.54, 1.807) is 20.8 Å². The Hall–Kier alpha value is -2.80. The summed E-state index contributed by atoms with van der Waals surface area (Å²) in [5.74, 6) is 0.387. The minimum absolute atomic E-state index is 0.119. The van der Waals surface area contributed by atoms with Gasteiger partial charge in [0.1, 0.15) is 28.9 Å². The molecule has 1 saturated heterocycles. The minimum atomic E-state index is -4.47. The first-order valence-corrected chi connectivity index (χ1v) is 9.29. The predicted octanol–water partition coefficient (Wildman–Crippen LogP) is 3.72. The lowest BCUT2D eigenvalue weighted by molar-refractivity contribution is -0.141. The Morgan fingerprint density at radius 2 is 2.21 bits per heavy atom. The van der Waals surface area contributed by atoms with Crippen LogP contribution in [0.15, 0.2) is 10.6 Å². The molecule has 0 aliphatic carbocycles. The highest BCUT2D eigenvalue weighted by atomic mass is 19.4. The van der Waals surface area contributed by atoms with Crippen LogP contribution < -0.4 is 5.32 Å². The molecular weight excluding hydrogens is 387 g/mol. The van der Waals surface area contributed by atoms with Crippen LogP contribution in [0.3, 0.4) is 0 Å². The van der Waals surface area contributed by atoms with Gasteiger partial charge in [-0.2, -0.15) is 18.4 Å². The third-order valence-electron chi connectivity index (χ3n) is 5.40. The van der Waals surface area contributed by atoms with Gasteiger partial charge in [0.05, 0.1) is 12.2 Å². The van der Waals surface area contributed by atoms with E-state index in [0.717, 1.165) is 12.6 Å². The standard InChI is InChI=1S/C19H22F3N5O2/c1-10-12(3)29-18(14(10)7-23)26-17(28)11(2)27-6-4-5-13(9-27)16-24-8-15(25-16)19(20,21)22/h8,11,13H,4-6,9H2,1-3H3,(H,24,25)(H,26,28)/t11-,13-/m1/s1. The van der Waals surface area contributed by atoms with Crippen LogP contribution >= 0.6 is 0 Å². The van der Waals surface area contributed by atoms with Crippen molar-refractivity contribution < 1.29 is 22.4 Å². The van der Waals surface area contributed by atoms with E-state index >= 15 is 0 Å². The van der Waals surface area contributed by atoms with Crippen LogP contribution in [0.2, 0.25) is 0 Å². The summed E-state index contributed by atoms with van der Waals surface area (Å²) >= 11 is 0. The molecule has 2 aromatic heterocycles. The van der Waals surface area contributed by atoms with Crippen molar-refractivity contribution in [2.45, 2.75) is 51.7 Å². The summed E-state index contributed by atoms with van der Waals surface area (Å²) in [7, 11) is 0. The number of amides is 1. The molecule has 2 atom stereocenters. The first-order chi connectivity index (χ1) is 13.6. The first kappa shape index (κ1) is 20.9. The maximum absolute atomic E-state index is 12.8. The molecule has 0 aromatic carbocycles. The number of alkyl halides is 3. The Balaban J connectivity index is 1.69. The molecule has 1 aliphatic rings. The summed E-state index contributed by atoms with van der Waals surface area (Å²) in [6.45, 7) is 6.21. The SMILES string of the molecule is Cc1oc(NC(=O)[C@@H](C)N2CCC[C@@H](c3ncc(C(F)(F)F)[nH]3)C2)c(C#N)c1C. The summed E-state index contributed by atoms with van der Waals surface area (Å²) in [6, 6.07) is 1.48. The van der Waals surface area contributed by atoms with Gasteiger partial charge in [-0.1, -0.05) is 0 Å². The molecule has 3 heterocycles. The zero-order valence-electron chi connectivity index (χ0n) is 16.4. The molecule has 0 bridgehead atoms. The number of imidazole rings is 1. The van der Waals surface area contributed by atoms with E-state index in [-0.39, 0.29) is 29.1 Å². The van der Waals surface area contributed by atoms with Crippen LogP contribution in [0.1, 0.15) is 54.1 Å². The van der Waals surface area contributed by atoms with E-state index in [0.29, 0.717) is 30.8 Å². The zero-order valence-corrected chi connectivity index (χ0v) is 16.4. The molecule has 7 nitrogen and oxygen atoms in total. The van der Waals surface area contributed by atoms with Gasteiger partial charge in [0.25, 0.3) is 0 Å². The number of nitriles is 1. The van der Waals surface area contributed by atoms with E-state index in [2.05, 4.69) is 15.3 Å². The van der Waals surface area contributed by atoms with E-state index in [1.165, 1.54) is 0 Å². The third-order valence-corrected chi connectivity index (χ3v) is 5.40. The number of carbonyl (C=O) groups is 1. The van der Waals surface area contributed by atoms with E-state index < -0.39 is 17.9 Å².